The third-order valence-corrected chi connectivity index (χ3v) is 3.14. The van der Waals surface area contributed by atoms with E-state index in [1.165, 1.54) is 12.1 Å². The van der Waals surface area contributed by atoms with Crippen LogP contribution in [0, 0.1) is 15.9 Å². The molecule has 0 saturated carbocycles. The van der Waals surface area contributed by atoms with Crippen LogP contribution >= 0.6 is 0 Å². The fourth-order valence-corrected chi connectivity index (χ4v) is 2.21. The Morgan fingerprint density at radius 1 is 1.10 bits per heavy atom. The Hall–Kier alpha value is -2.69. The van der Waals surface area contributed by atoms with Crippen molar-refractivity contribution < 1.29 is 13.7 Å². The fraction of sp³-hybridized carbons (Fsp3) is 0.0667. The van der Waals surface area contributed by atoms with E-state index in [2.05, 4.69) is 0 Å². The summed E-state index contributed by atoms with van der Waals surface area (Å²) in [5, 5.41) is 11.8. The third kappa shape index (κ3) is 2.14. The van der Waals surface area contributed by atoms with Crippen molar-refractivity contribution in [1.29, 1.82) is 0 Å². The molecule has 0 amide bonds. The minimum Gasteiger partial charge on any atom is -0.400 e. The molecule has 100 valence electrons. The molecule has 0 unspecified atom stereocenters. The molecule has 0 bridgehead atoms. The van der Waals surface area contributed by atoms with Crippen molar-refractivity contribution in [1.82, 2.24) is 0 Å². The molecule has 0 aliphatic heterocycles. The summed E-state index contributed by atoms with van der Waals surface area (Å²) in [4.78, 5) is 10.6. The van der Waals surface area contributed by atoms with Gasteiger partial charge in [-0.15, -0.1) is 0 Å². The normalized spacial score (nSPS) is 10.8. The summed E-state index contributed by atoms with van der Waals surface area (Å²) in [6, 6.07) is 12.9. The second kappa shape index (κ2) is 4.77. The zero-order valence-corrected chi connectivity index (χ0v) is 10.4. The van der Waals surface area contributed by atoms with E-state index in [4.69, 9.17) is 4.42 Å². The summed E-state index contributed by atoms with van der Waals surface area (Å²) in [6.07, 6.45) is 0.327. The van der Waals surface area contributed by atoms with E-state index in [0.29, 0.717) is 23.0 Å². The lowest BCUT2D eigenvalue weighted by Gasteiger charge is -1.99. The van der Waals surface area contributed by atoms with Gasteiger partial charge in [-0.3, -0.25) is 10.1 Å². The first-order valence-corrected chi connectivity index (χ1v) is 6.04. The van der Waals surface area contributed by atoms with Crippen LogP contribution in [-0.4, -0.2) is 4.92 Å². The van der Waals surface area contributed by atoms with Crippen molar-refractivity contribution in [2.45, 2.75) is 6.42 Å². The van der Waals surface area contributed by atoms with E-state index in [-0.39, 0.29) is 11.7 Å². The highest BCUT2D eigenvalue weighted by Gasteiger charge is 2.23. The van der Waals surface area contributed by atoms with Gasteiger partial charge in [-0.2, -0.15) is 0 Å². The van der Waals surface area contributed by atoms with Crippen molar-refractivity contribution in [2.24, 2.45) is 0 Å². The molecule has 0 atom stereocenters. The number of hydrogen-bond acceptors (Lipinski definition) is 3. The molecule has 5 heteroatoms. The average molecular weight is 271 g/mol. The Bertz CT molecular complexity index is 777. The predicted octanol–water partition coefficient (Wildman–Crippen LogP) is 4.07. The first-order valence-electron chi connectivity index (χ1n) is 6.04. The Balaban J connectivity index is 2.11. The second-order valence-electron chi connectivity index (χ2n) is 4.44. The molecule has 1 aromatic heterocycles. The van der Waals surface area contributed by atoms with Gasteiger partial charge in [-0.1, -0.05) is 30.3 Å². The van der Waals surface area contributed by atoms with Gasteiger partial charge in [-0.25, -0.2) is 4.39 Å². The van der Waals surface area contributed by atoms with Gasteiger partial charge in [0.1, 0.15) is 16.3 Å². The number of furan rings is 1. The molecular formula is C15H10FNO3. The number of benzene rings is 2. The van der Waals surface area contributed by atoms with Crippen molar-refractivity contribution in [3.05, 3.63) is 75.6 Å². The van der Waals surface area contributed by atoms with E-state index in [1.807, 2.05) is 0 Å². The molecule has 20 heavy (non-hydrogen) atoms. The molecule has 0 aliphatic carbocycles. The van der Waals surface area contributed by atoms with Gasteiger partial charge in [0.2, 0.25) is 0 Å². The van der Waals surface area contributed by atoms with Crippen molar-refractivity contribution in [2.75, 3.05) is 0 Å². The number of para-hydroxylation sites is 1. The van der Waals surface area contributed by atoms with Crippen molar-refractivity contribution in [3.63, 3.8) is 0 Å². The first kappa shape index (κ1) is 12.3. The Morgan fingerprint density at radius 2 is 1.80 bits per heavy atom. The van der Waals surface area contributed by atoms with Gasteiger partial charge < -0.3 is 4.42 Å². The maximum atomic E-state index is 12.9. The van der Waals surface area contributed by atoms with E-state index in [1.54, 1.807) is 36.4 Å². The molecule has 4 nitrogen and oxygen atoms in total. The molecule has 1 heterocycles. The van der Waals surface area contributed by atoms with Gasteiger partial charge in [0, 0.05) is 11.8 Å². The SMILES string of the molecule is O=[N+]([O-])c1oc2ccccc2c1Cc1ccc(F)cc1. The molecule has 0 aliphatic rings. The molecule has 0 radical (unpaired) electrons. The Kier molecular flexibility index (Phi) is 2.95. The van der Waals surface area contributed by atoms with Crippen LogP contribution in [0.15, 0.2) is 52.9 Å². The van der Waals surface area contributed by atoms with E-state index in [9.17, 15) is 14.5 Å². The monoisotopic (exact) mass is 271 g/mol. The maximum Gasteiger partial charge on any atom is 0.437 e. The average Bonchev–Trinajstić information content (AvgIpc) is 2.81. The van der Waals surface area contributed by atoms with Crippen LogP contribution < -0.4 is 0 Å². The zero-order chi connectivity index (χ0) is 14.1. The number of hydrogen-bond donors (Lipinski definition) is 0. The molecule has 2 aromatic carbocycles. The Labute approximate surface area is 113 Å². The minimum atomic E-state index is -0.529. The van der Waals surface area contributed by atoms with E-state index in [0.717, 1.165) is 5.56 Å². The summed E-state index contributed by atoms with van der Waals surface area (Å²) < 4.78 is 18.2. The fourth-order valence-electron chi connectivity index (χ4n) is 2.21. The lowest BCUT2D eigenvalue weighted by Crippen LogP contribution is -1.93. The smallest absolute Gasteiger partial charge is 0.400 e. The van der Waals surface area contributed by atoms with Crippen LogP contribution in [0.25, 0.3) is 11.0 Å². The van der Waals surface area contributed by atoms with Crippen LogP contribution in [0.5, 0.6) is 0 Å². The van der Waals surface area contributed by atoms with Crippen molar-refractivity contribution in [3.8, 4) is 0 Å². The van der Waals surface area contributed by atoms with Gasteiger partial charge in [0.25, 0.3) is 0 Å². The highest BCUT2D eigenvalue weighted by atomic mass is 19.1. The van der Waals surface area contributed by atoms with Crippen LogP contribution in [0.4, 0.5) is 10.3 Å². The van der Waals surface area contributed by atoms with Crippen LogP contribution in [-0.2, 0) is 6.42 Å². The highest BCUT2D eigenvalue weighted by molar-refractivity contribution is 5.84. The van der Waals surface area contributed by atoms with E-state index >= 15 is 0 Å². The molecular weight excluding hydrogens is 261 g/mol. The van der Waals surface area contributed by atoms with E-state index < -0.39 is 4.92 Å². The molecule has 3 aromatic rings. The van der Waals surface area contributed by atoms with Gasteiger partial charge in [-0.05, 0) is 23.8 Å². The number of fused-ring (bicyclic) bond motifs is 1. The van der Waals surface area contributed by atoms with Crippen LogP contribution in [0.3, 0.4) is 0 Å². The summed E-state index contributed by atoms with van der Waals surface area (Å²) in [7, 11) is 0. The predicted molar refractivity (Wildman–Crippen MR) is 72.1 cm³/mol. The quantitative estimate of drug-likeness (QED) is 0.533. The minimum absolute atomic E-state index is 0.254. The standard InChI is InChI=1S/C15H10FNO3/c16-11-7-5-10(6-8-11)9-13-12-3-1-2-4-14(12)20-15(13)17(18)19/h1-8H,9H2. The highest BCUT2D eigenvalue weighted by Crippen LogP contribution is 2.33. The molecule has 0 saturated heterocycles. The largest absolute Gasteiger partial charge is 0.437 e. The molecule has 0 spiro atoms. The lowest BCUT2D eigenvalue weighted by molar-refractivity contribution is -0.402. The summed E-state index contributed by atoms with van der Waals surface area (Å²) in [5.74, 6) is -0.587. The molecule has 3 rings (SSSR count). The zero-order valence-electron chi connectivity index (χ0n) is 10.4. The molecule has 0 fully saturated rings. The number of rotatable bonds is 3. The van der Waals surface area contributed by atoms with Crippen molar-refractivity contribution >= 4 is 16.9 Å². The maximum absolute atomic E-state index is 12.9. The van der Waals surface area contributed by atoms with Crippen LogP contribution in [0.1, 0.15) is 11.1 Å². The summed E-state index contributed by atoms with van der Waals surface area (Å²) in [5.41, 5.74) is 1.79. The van der Waals surface area contributed by atoms with Crippen LogP contribution in [0.2, 0.25) is 0 Å². The first-order chi connectivity index (χ1) is 9.65. The second-order valence-corrected chi connectivity index (χ2v) is 4.44. The van der Waals surface area contributed by atoms with Gasteiger partial charge in [0.05, 0.1) is 5.56 Å². The van der Waals surface area contributed by atoms with Gasteiger partial charge >= 0.3 is 5.88 Å². The summed E-state index contributed by atoms with van der Waals surface area (Å²) in [6.45, 7) is 0. The number of halogens is 1. The number of nitro groups is 1. The lowest BCUT2D eigenvalue weighted by atomic mass is 10.0. The Morgan fingerprint density at radius 3 is 2.50 bits per heavy atom. The molecule has 0 N–H and O–H groups in total. The topological polar surface area (TPSA) is 56.3 Å². The van der Waals surface area contributed by atoms with Gasteiger partial charge in [0.15, 0.2) is 0 Å². The number of nitrogens with zero attached hydrogens (tertiary/aromatic N) is 1. The summed E-state index contributed by atoms with van der Waals surface area (Å²) >= 11 is 0. The third-order valence-electron chi connectivity index (χ3n) is 3.14.